The van der Waals surface area contributed by atoms with Crippen molar-refractivity contribution >= 4 is 39.9 Å². The lowest BCUT2D eigenvalue weighted by atomic mass is 9.97. The molecule has 1 amide bonds. The first-order chi connectivity index (χ1) is 8.34. The minimum absolute atomic E-state index is 0.154. The molecule has 1 saturated heterocycles. The van der Waals surface area contributed by atoms with E-state index in [2.05, 4.69) is 27.5 Å². The van der Waals surface area contributed by atoms with Crippen molar-refractivity contribution in [2.24, 2.45) is 0 Å². The fourth-order valence-electron chi connectivity index (χ4n) is 2.38. The van der Waals surface area contributed by atoms with Crippen LogP contribution in [0.3, 0.4) is 0 Å². The van der Waals surface area contributed by atoms with E-state index in [0.29, 0.717) is 0 Å². The highest BCUT2D eigenvalue weighted by Gasteiger charge is 2.41. The summed E-state index contributed by atoms with van der Waals surface area (Å²) in [5.74, 6) is 0.154. The average molecular weight is 359 g/mol. The largest absolute Gasteiger partial charge is 0.399 e. The van der Waals surface area contributed by atoms with Crippen LogP contribution >= 0.6 is 22.6 Å². The third-order valence-corrected chi connectivity index (χ3v) is 4.33. The van der Waals surface area contributed by atoms with E-state index >= 15 is 0 Å². The van der Waals surface area contributed by atoms with Crippen LogP contribution < -0.4 is 10.6 Å². The Balaban J connectivity index is 2.41. The van der Waals surface area contributed by atoms with E-state index in [-0.39, 0.29) is 5.91 Å². The first-order valence-corrected chi connectivity index (χ1v) is 7.00. The Morgan fingerprint density at radius 3 is 2.61 bits per heavy atom. The maximum Gasteiger partial charge on any atom is 0.247 e. The number of hydrogen-bond donors (Lipinski definition) is 1. The van der Waals surface area contributed by atoms with Gasteiger partial charge in [0.25, 0.3) is 0 Å². The van der Waals surface area contributed by atoms with Gasteiger partial charge in [-0.1, -0.05) is 0 Å². The smallest absolute Gasteiger partial charge is 0.247 e. The number of likely N-dealkylation sites (N-methyl/N-ethyl adjacent to an activating group) is 1. The number of carbonyl (C=O) groups is 1. The molecule has 1 aromatic carbocycles. The van der Waals surface area contributed by atoms with Gasteiger partial charge >= 0.3 is 0 Å². The third kappa shape index (κ3) is 2.15. The molecule has 0 unspecified atom stereocenters. The van der Waals surface area contributed by atoms with Crippen LogP contribution in [0.15, 0.2) is 18.2 Å². The zero-order chi connectivity index (χ0) is 13.5. The molecule has 1 heterocycles. The van der Waals surface area contributed by atoms with Crippen molar-refractivity contribution in [2.45, 2.75) is 19.4 Å². The molecule has 1 aliphatic rings. The van der Waals surface area contributed by atoms with Gasteiger partial charge in [-0.2, -0.15) is 0 Å². The number of piperazine rings is 1. The molecule has 4 nitrogen and oxygen atoms in total. The van der Waals surface area contributed by atoms with Crippen molar-refractivity contribution < 1.29 is 4.79 Å². The number of hydrogen-bond acceptors (Lipinski definition) is 3. The van der Waals surface area contributed by atoms with E-state index in [4.69, 9.17) is 5.73 Å². The maximum atomic E-state index is 12.3. The number of benzene rings is 1. The molecule has 0 aliphatic carbocycles. The van der Waals surface area contributed by atoms with Crippen molar-refractivity contribution in [3.63, 3.8) is 0 Å². The van der Waals surface area contributed by atoms with Gasteiger partial charge in [0.2, 0.25) is 5.91 Å². The molecule has 18 heavy (non-hydrogen) atoms. The highest BCUT2D eigenvalue weighted by molar-refractivity contribution is 14.1. The first-order valence-electron chi connectivity index (χ1n) is 5.92. The average Bonchev–Trinajstić information content (AvgIpc) is 2.28. The second kappa shape index (κ2) is 4.60. The lowest BCUT2D eigenvalue weighted by Gasteiger charge is -2.46. The van der Waals surface area contributed by atoms with E-state index < -0.39 is 5.54 Å². The zero-order valence-electron chi connectivity index (χ0n) is 10.9. The van der Waals surface area contributed by atoms with Crippen molar-refractivity contribution in [2.75, 3.05) is 30.8 Å². The molecule has 1 fully saturated rings. The Morgan fingerprint density at radius 2 is 2.00 bits per heavy atom. The van der Waals surface area contributed by atoms with Crippen molar-refractivity contribution in [1.29, 1.82) is 0 Å². The number of anilines is 2. The van der Waals surface area contributed by atoms with E-state index in [1.54, 1.807) is 4.90 Å². The Hall–Kier alpha value is -0.980. The second-order valence-corrected chi connectivity index (χ2v) is 6.31. The van der Waals surface area contributed by atoms with Gasteiger partial charge in [-0.25, -0.2) is 0 Å². The molecule has 1 aliphatic heterocycles. The molecule has 0 atom stereocenters. The lowest BCUT2D eigenvalue weighted by molar-refractivity contribution is -0.136. The number of rotatable bonds is 1. The second-order valence-electron chi connectivity index (χ2n) is 5.15. The summed E-state index contributed by atoms with van der Waals surface area (Å²) in [5, 5.41) is 0. The van der Waals surface area contributed by atoms with Gasteiger partial charge in [-0.05, 0) is 54.6 Å². The molecule has 0 radical (unpaired) electrons. The van der Waals surface area contributed by atoms with Crippen LogP contribution in [0.25, 0.3) is 0 Å². The Labute approximate surface area is 121 Å². The number of nitrogens with zero attached hydrogens (tertiary/aromatic N) is 2. The predicted molar refractivity (Wildman–Crippen MR) is 82.6 cm³/mol. The molecule has 2 rings (SSSR count). The number of halogens is 1. The fourth-order valence-corrected chi connectivity index (χ4v) is 3.21. The quantitative estimate of drug-likeness (QED) is 0.616. The summed E-state index contributed by atoms with van der Waals surface area (Å²) in [7, 11) is 1.86. The van der Waals surface area contributed by atoms with Gasteiger partial charge in [0.15, 0.2) is 0 Å². The summed E-state index contributed by atoms with van der Waals surface area (Å²) in [6, 6.07) is 5.82. The molecule has 0 aromatic heterocycles. The summed E-state index contributed by atoms with van der Waals surface area (Å²) in [6.07, 6.45) is 0. The standard InChI is InChI=1S/C13H18IN3O/c1-13(2)12(18)16(3)6-7-17(13)11-5-4-9(15)8-10(11)14/h4-5,8H,6-7,15H2,1-3H3. The molecular formula is C13H18IN3O. The summed E-state index contributed by atoms with van der Waals surface area (Å²) >= 11 is 2.27. The number of nitrogens with two attached hydrogens (primary N) is 1. The first kappa shape index (κ1) is 13.5. The fraction of sp³-hybridized carbons (Fsp3) is 0.462. The van der Waals surface area contributed by atoms with Crippen LogP contribution in [-0.4, -0.2) is 36.5 Å². The van der Waals surface area contributed by atoms with Gasteiger partial charge in [-0.15, -0.1) is 0 Å². The van der Waals surface area contributed by atoms with Crippen LogP contribution in [-0.2, 0) is 4.79 Å². The predicted octanol–water partition coefficient (Wildman–Crippen LogP) is 1.93. The van der Waals surface area contributed by atoms with Crippen molar-refractivity contribution in [1.82, 2.24) is 4.90 Å². The molecule has 0 saturated carbocycles. The normalized spacial score (nSPS) is 19.2. The summed E-state index contributed by atoms with van der Waals surface area (Å²) in [6.45, 7) is 5.53. The third-order valence-electron chi connectivity index (χ3n) is 3.47. The van der Waals surface area contributed by atoms with Gasteiger partial charge < -0.3 is 15.5 Å². The van der Waals surface area contributed by atoms with Gasteiger partial charge in [0.1, 0.15) is 5.54 Å². The number of nitrogen functional groups attached to an aromatic ring is 1. The molecular weight excluding hydrogens is 341 g/mol. The molecule has 5 heteroatoms. The minimum atomic E-state index is -0.511. The number of amides is 1. The monoisotopic (exact) mass is 359 g/mol. The highest BCUT2D eigenvalue weighted by atomic mass is 127. The number of carbonyl (C=O) groups excluding carboxylic acids is 1. The molecule has 0 bridgehead atoms. The van der Waals surface area contributed by atoms with E-state index in [0.717, 1.165) is 28.0 Å². The van der Waals surface area contributed by atoms with Crippen LogP contribution in [0.5, 0.6) is 0 Å². The van der Waals surface area contributed by atoms with E-state index in [1.165, 1.54) is 0 Å². The molecule has 0 spiro atoms. The molecule has 98 valence electrons. The molecule has 1 aromatic rings. The lowest BCUT2D eigenvalue weighted by Crippen LogP contribution is -2.62. The Kier molecular flexibility index (Phi) is 3.44. The summed E-state index contributed by atoms with van der Waals surface area (Å²) in [5.41, 5.74) is 7.10. The Bertz CT molecular complexity index is 487. The van der Waals surface area contributed by atoms with Crippen LogP contribution in [0, 0.1) is 3.57 Å². The zero-order valence-corrected chi connectivity index (χ0v) is 13.1. The van der Waals surface area contributed by atoms with Gasteiger partial charge in [0.05, 0.1) is 5.69 Å². The van der Waals surface area contributed by atoms with Gasteiger partial charge in [-0.3, -0.25) is 4.79 Å². The summed E-state index contributed by atoms with van der Waals surface area (Å²) < 4.78 is 1.08. The maximum absolute atomic E-state index is 12.3. The van der Waals surface area contributed by atoms with Crippen LogP contribution in [0.1, 0.15) is 13.8 Å². The van der Waals surface area contributed by atoms with Crippen LogP contribution in [0.4, 0.5) is 11.4 Å². The topological polar surface area (TPSA) is 49.6 Å². The van der Waals surface area contributed by atoms with Crippen molar-refractivity contribution in [3.05, 3.63) is 21.8 Å². The van der Waals surface area contributed by atoms with Crippen LogP contribution in [0.2, 0.25) is 0 Å². The summed E-state index contributed by atoms with van der Waals surface area (Å²) in [4.78, 5) is 16.2. The molecule has 2 N–H and O–H groups in total. The van der Waals surface area contributed by atoms with Gasteiger partial charge in [0, 0.05) is 29.4 Å². The Morgan fingerprint density at radius 1 is 1.33 bits per heavy atom. The van der Waals surface area contributed by atoms with E-state index in [1.807, 2.05) is 39.1 Å². The minimum Gasteiger partial charge on any atom is -0.399 e. The van der Waals surface area contributed by atoms with E-state index in [9.17, 15) is 4.79 Å². The SMILES string of the molecule is CN1CCN(c2ccc(N)cc2I)C(C)(C)C1=O. The highest BCUT2D eigenvalue weighted by Crippen LogP contribution is 2.32. The van der Waals surface area contributed by atoms with Crippen molar-refractivity contribution in [3.8, 4) is 0 Å².